The van der Waals surface area contributed by atoms with Crippen LogP contribution in [0, 0.1) is 5.92 Å². The maximum absolute atomic E-state index is 11.1. The van der Waals surface area contributed by atoms with E-state index in [1.54, 1.807) is 0 Å². The fourth-order valence-electron chi connectivity index (χ4n) is 1.10. The van der Waals surface area contributed by atoms with Crippen LogP contribution in [0.25, 0.3) is 0 Å². The van der Waals surface area contributed by atoms with E-state index in [1.165, 1.54) is 0 Å². The Morgan fingerprint density at radius 1 is 1.06 bits per heavy atom. The minimum absolute atomic E-state index is 0.0349. The van der Waals surface area contributed by atoms with Crippen molar-refractivity contribution in [2.24, 2.45) is 5.92 Å². The Labute approximate surface area is 94.8 Å². The van der Waals surface area contributed by atoms with Gasteiger partial charge in [0.1, 0.15) is 0 Å². The molecule has 5 nitrogen and oxygen atoms in total. The Balaban J connectivity index is 3.58. The van der Waals surface area contributed by atoms with Crippen LogP contribution in [-0.2, 0) is 19.1 Å². The minimum Gasteiger partial charge on any atom is -0.481 e. The number of carbonyl (C=O) groups excluding carboxylic acids is 2. The summed E-state index contributed by atoms with van der Waals surface area (Å²) < 4.78 is 4.54. The summed E-state index contributed by atoms with van der Waals surface area (Å²) in [6, 6.07) is 0. The van der Waals surface area contributed by atoms with Crippen LogP contribution in [-0.4, -0.2) is 23.0 Å². The summed E-state index contributed by atoms with van der Waals surface area (Å²) in [5.74, 6) is -1.81. The number of unbranched alkanes of at least 4 members (excludes halogenated alkanes) is 1. The molecule has 0 heterocycles. The lowest BCUT2D eigenvalue weighted by Gasteiger charge is -2.04. The van der Waals surface area contributed by atoms with E-state index in [4.69, 9.17) is 5.11 Å². The molecule has 0 fully saturated rings. The quantitative estimate of drug-likeness (QED) is 0.409. The van der Waals surface area contributed by atoms with Gasteiger partial charge in [-0.2, -0.15) is 0 Å². The van der Waals surface area contributed by atoms with Crippen molar-refractivity contribution in [3.05, 3.63) is 0 Å². The number of hydrogen-bond acceptors (Lipinski definition) is 4. The zero-order valence-corrected chi connectivity index (χ0v) is 9.69. The van der Waals surface area contributed by atoms with Gasteiger partial charge < -0.3 is 9.84 Å². The van der Waals surface area contributed by atoms with E-state index >= 15 is 0 Å². The van der Waals surface area contributed by atoms with Gasteiger partial charge in [-0.05, 0) is 18.8 Å². The highest BCUT2D eigenvalue weighted by molar-refractivity contribution is 5.85. The minimum atomic E-state index is -0.885. The summed E-state index contributed by atoms with van der Waals surface area (Å²) in [6.07, 6.45) is 1.20. The SMILES string of the molecule is CC(C)CC(=O)OC(=O)CCCCC(=O)O. The summed E-state index contributed by atoms with van der Waals surface area (Å²) >= 11 is 0. The number of rotatable bonds is 7. The summed E-state index contributed by atoms with van der Waals surface area (Å²) in [5, 5.41) is 8.35. The van der Waals surface area contributed by atoms with E-state index in [0.29, 0.717) is 12.8 Å². The van der Waals surface area contributed by atoms with Gasteiger partial charge in [0.2, 0.25) is 0 Å². The highest BCUT2D eigenvalue weighted by Gasteiger charge is 2.11. The highest BCUT2D eigenvalue weighted by Crippen LogP contribution is 2.05. The molecule has 0 bridgehead atoms. The van der Waals surface area contributed by atoms with E-state index in [9.17, 15) is 14.4 Å². The lowest BCUT2D eigenvalue weighted by Crippen LogP contribution is -2.13. The molecule has 5 heteroatoms. The van der Waals surface area contributed by atoms with Gasteiger partial charge in [-0.1, -0.05) is 13.8 Å². The summed E-state index contributed by atoms with van der Waals surface area (Å²) in [4.78, 5) is 32.3. The fraction of sp³-hybridized carbons (Fsp3) is 0.727. The molecule has 0 aromatic rings. The van der Waals surface area contributed by atoms with Gasteiger partial charge in [-0.3, -0.25) is 14.4 Å². The van der Waals surface area contributed by atoms with Crippen molar-refractivity contribution in [2.75, 3.05) is 0 Å². The van der Waals surface area contributed by atoms with Gasteiger partial charge >= 0.3 is 17.9 Å². The average Bonchev–Trinajstić information content (AvgIpc) is 2.10. The second-order valence-corrected chi connectivity index (χ2v) is 4.04. The van der Waals surface area contributed by atoms with Gasteiger partial charge in [0.15, 0.2) is 0 Å². The maximum Gasteiger partial charge on any atom is 0.313 e. The lowest BCUT2D eigenvalue weighted by molar-refractivity contribution is -0.160. The van der Waals surface area contributed by atoms with Crippen molar-refractivity contribution in [2.45, 2.75) is 46.0 Å². The van der Waals surface area contributed by atoms with Crippen LogP contribution in [0.2, 0.25) is 0 Å². The van der Waals surface area contributed by atoms with Crippen molar-refractivity contribution in [3.8, 4) is 0 Å². The smallest absolute Gasteiger partial charge is 0.313 e. The van der Waals surface area contributed by atoms with E-state index in [-0.39, 0.29) is 25.2 Å². The summed E-state index contributed by atoms with van der Waals surface area (Å²) in [6.45, 7) is 3.72. The molecule has 0 spiro atoms. The van der Waals surface area contributed by atoms with Crippen molar-refractivity contribution < 1.29 is 24.2 Å². The third-order valence-electron chi connectivity index (χ3n) is 1.82. The van der Waals surface area contributed by atoms with E-state index in [1.807, 2.05) is 13.8 Å². The molecule has 0 saturated carbocycles. The normalized spacial score (nSPS) is 10.2. The fourth-order valence-corrected chi connectivity index (χ4v) is 1.10. The number of carboxylic acids is 1. The Kier molecular flexibility index (Phi) is 7.16. The highest BCUT2D eigenvalue weighted by atomic mass is 16.6. The predicted molar refractivity (Wildman–Crippen MR) is 56.7 cm³/mol. The molecule has 0 atom stereocenters. The molecule has 0 amide bonds. The first-order valence-corrected chi connectivity index (χ1v) is 5.37. The van der Waals surface area contributed by atoms with Crippen LogP contribution in [0.1, 0.15) is 46.0 Å². The van der Waals surface area contributed by atoms with E-state index in [0.717, 1.165) is 0 Å². The van der Waals surface area contributed by atoms with Crippen LogP contribution < -0.4 is 0 Å². The Bertz CT molecular complexity index is 257. The van der Waals surface area contributed by atoms with Crippen LogP contribution >= 0.6 is 0 Å². The van der Waals surface area contributed by atoms with Crippen molar-refractivity contribution in [3.63, 3.8) is 0 Å². The van der Waals surface area contributed by atoms with Crippen molar-refractivity contribution in [1.82, 2.24) is 0 Å². The van der Waals surface area contributed by atoms with Gasteiger partial charge in [0, 0.05) is 19.3 Å². The number of carboxylic acid groups (broad SMARTS) is 1. The monoisotopic (exact) mass is 230 g/mol. The van der Waals surface area contributed by atoms with E-state index < -0.39 is 17.9 Å². The van der Waals surface area contributed by atoms with Gasteiger partial charge in [0.05, 0.1) is 0 Å². The number of esters is 2. The largest absolute Gasteiger partial charge is 0.481 e. The third-order valence-corrected chi connectivity index (χ3v) is 1.82. The van der Waals surface area contributed by atoms with Gasteiger partial charge in [0.25, 0.3) is 0 Å². The molecule has 0 aliphatic carbocycles. The average molecular weight is 230 g/mol. The van der Waals surface area contributed by atoms with Crippen LogP contribution in [0.15, 0.2) is 0 Å². The van der Waals surface area contributed by atoms with Gasteiger partial charge in [-0.25, -0.2) is 0 Å². The van der Waals surface area contributed by atoms with Crippen LogP contribution in [0.5, 0.6) is 0 Å². The second-order valence-electron chi connectivity index (χ2n) is 4.04. The summed E-state index contributed by atoms with van der Waals surface area (Å²) in [7, 11) is 0. The predicted octanol–water partition coefficient (Wildman–Crippen LogP) is 1.75. The lowest BCUT2D eigenvalue weighted by atomic mass is 10.1. The Hall–Kier alpha value is -1.39. The van der Waals surface area contributed by atoms with E-state index in [2.05, 4.69) is 4.74 Å². The maximum atomic E-state index is 11.1. The zero-order valence-electron chi connectivity index (χ0n) is 9.69. The molecule has 0 unspecified atom stereocenters. The molecule has 0 radical (unpaired) electrons. The number of ether oxygens (including phenoxy) is 1. The molecule has 92 valence electrons. The number of carbonyl (C=O) groups is 3. The molecule has 0 saturated heterocycles. The second kappa shape index (κ2) is 7.84. The molecular formula is C11H18O5. The first-order valence-electron chi connectivity index (χ1n) is 5.37. The third kappa shape index (κ3) is 9.18. The zero-order chi connectivity index (χ0) is 12.6. The molecule has 16 heavy (non-hydrogen) atoms. The molecular weight excluding hydrogens is 212 g/mol. The van der Waals surface area contributed by atoms with Crippen LogP contribution in [0.3, 0.4) is 0 Å². The van der Waals surface area contributed by atoms with Gasteiger partial charge in [-0.15, -0.1) is 0 Å². The first-order chi connectivity index (χ1) is 7.41. The topological polar surface area (TPSA) is 80.7 Å². The van der Waals surface area contributed by atoms with Crippen molar-refractivity contribution >= 4 is 17.9 Å². The molecule has 0 aromatic carbocycles. The molecule has 0 aromatic heterocycles. The molecule has 0 aliphatic rings. The molecule has 0 aliphatic heterocycles. The molecule has 0 rings (SSSR count). The number of hydrogen-bond donors (Lipinski definition) is 1. The van der Waals surface area contributed by atoms with Crippen LogP contribution in [0.4, 0.5) is 0 Å². The summed E-state index contributed by atoms with van der Waals surface area (Å²) in [5.41, 5.74) is 0. The Morgan fingerprint density at radius 3 is 2.12 bits per heavy atom. The first kappa shape index (κ1) is 14.6. The standard InChI is InChI=1S/C11H18O5/c1-8(2)7-11(15)16-10(14)6-4-3-5-9(12)13/h8H,3-7H2,1-2H3,(H,12,13). The Morgan fingerprint density at radius 2 is 1.62 bits per heavy atom. The molecule has 1 N–H and O–H groups in total. The number of aliphatic carboxylic acids is 1. The van der Waals surface area contributed by atoms with Crippen molar-refractivity contribution in [1.29, 1.82) is 0 Å².